The molecule has 2 saturated carbocycles. The van der Waals surface area contributed by atoms with E-state index >= 15 is 4.39 Å². The summed E-state index contributed by atoms with van der Waals surface area (Å²) in [6, 6.07) is 6.71. The highest BCUT2D eigenvalue weighted by molar-refractivity contribution is 6.00. The van der Waals surface area contributed by atoms with Crippen molar-refractivity contribution in [3.8, 4) is 0 Å². The van der Waals surface area contributed by atoms with Gasteiger partial charge >= 0.3 is 5.97 Å². The van der Waals surface area contributed by atoms with Gasteiger partial charge in [-0.05, 0) is 56.9 Å². The molecule has 7 nitrogen and oxygen atoms in total. The van der Waals surface area contributed by atoms with Crippen molar-refractivity contribution in [3.05, 3.63) is 47.2 Å². The highest BCUT2D eigenvalue weighted by Gasteiger charge is 2.23. The molecular formula is C26H34FN3O4. The first-order valence-electron chi connectivity index (χ1n) is 12.4. The maximum absolute atomic E-state index is 15.0. The Morgan fingerprint density at radius 1 is 0.971 bits per heavy atom. The molecule has 2 aliphatic carbocycles. The number of halogens is 1. The zero-order valence-corrected chi connectivity index (χ0v) is 19.8. The van der Waals surface area contributed by atoms with E-state index in [0.717, 1.165) is 51.4 Å². The molecule has 0 spiro atoms. The fourth-order valence-electron chi connectivity index (χ4n) is 4.80. The van der Waals surface area contributed by atoms with Crippen LogP contribution in [0.3, 0.4) is 0 Å². The lowest BCUT2D eigenvalue weighted by atomic mass is 9.95. The van der Waals surface area contributed by atoms with Crippen LogP contribution in [0.1, 0.15) is 91.4 Å². The molecule has 1 aromatic carbocycles. The number of amides is 1. The van der Waals surface area contributed by atoms with Gasteiger partial charge in [-0.2, -0.15) is 0 Å². The number of esters is 1. The summed E-state index contributed by atoms with van der Waals surface area (Å²) in [7, 11) is 0. The lowest BCUT2D eigenvalue weighted by Gasteiger charge is -2.25. The minimum atomic E-state index is -0.550. The van der Waals surface area contributed by atoms with Crippen LogP contribution in [0.15, 0.2) is 28.7 Å². The standard InChI is InChI=1S/C26H34FN3O4/c1-2-33-26(32)24-13-12-19(34-24)16-28-25(31)20-14-21(27)23(30-18-8-4-3-5-9-18)15-22(20)29-17-10-6-7-11-17/h12-15,17-18,29-30H,2-11,16H2,1H3,(H,28,31). The molecule has 0 radical (unpaired) electrons. The van der Waals surface area contributed by atoms with E-state index in [4.69, 9.17) is 9.15 Å². The first-order valence-corrected chi connectivity index (χ1v) is 12.4. The number of rotatable bonds is 9. The van der Waals surface area contributed by atoms with Crippen LogP contribution in [0.4, 0.5) is 15.8 Å². The molecule has 0 unspecified atom stereocenters. The summed E-state index contributed by atoms with van der Waals surface area (Å²) in [6.45, 7) is 2.04. The number of carbonyl (C=O) groups is 2. The van der Waals surface area contributed by atoms with Crippen molar-refractivity contribution in [2.45, 2.75) is 83.3 Å². The molecule has 8 heteroatoms. The molecule has 1 aromatic heterocycles. The number of anilines is 2. The highest BCUT2D eigenvalue weighted by Crippen LogP contribution is 2.31. The summed E-state index contributed by atoms with van der Waals surface area (Å²) in [4.78, 5) is 24.8. The quantitative estimate of drug-likeness (QED) is 0.411. The Morgan fingerprint density at radius 2 is 1.62 bits per heavy atom. The fourth-order valence-corrected chi connectivity index (χ4v) is 4.80. The van der Waals surface area contributed by atoms with Crippen LogP contribution < -0.4 is 16.0 Å². The van der Waals surface area contributed by atoms with Crippen molar-refractivity contribution in [1.82, 2.24) is 5.32 Å². The second-order valence-electron chi connectivity index (χ2n) is 9.15. The first-order chi connectivity index (χ1) is 16.5. The Kier molecular flexibility index (Phi) is 8.08. The minimum Gasteiger partial charge on any atom is -0.460 e. The summed E-state index contributed by atoms with van der Waals surface area (Å²) in [5.74, 6) is -0.893. The Balaban J connectivity index is 1.48. The molecule has 0 saturated heterocycles. The van der Waals surface area contributed by atoms with Crippen molar-refractivity contribution in [2.24, 2.45) is 0 Å². The Labute approximate surface area is 199 Å². The predicted octanol–water partition coefficient (Wildman–Crippen LogP) is 5.62. The Hall–Kier alpha value is -3.03. The number of hydrogen-bond donors (Lipinski definition) is 3. The average molecular weight is 472 g/mol. The summed E-state index contributed by atoms with van der Waals surface area (Å²) in [5, 5.41) is 9.61. The summed E-state index contributed by atoms with van der Waals surface area (Å²) < 4.78 is 25.4. The molecular weight excluding hydrogens is 437 g/mol. The van der Waals surface area contributed by atoms with E-state index < -0.39 is 17.7 Å². The lowest BCUT2D eigenvalue weighted by molar-refractivity contribution is 0.0488. The number of hydrogen-bond acceptors (Lipinski definition) is 6. The number of carbonyl (C=O) groups excluding carboxylic acids is 2. The number of nitrogens with one attached hydrogen (secondary N) is 3. The molecule has 2 aliphatic rings. The van der Waals surface area contributed by atoms with Gasteiger partial charge in [0.15, 0.2) is 0 Å². The van der Waals surface area contributed by atoms with Gasteiger partial charge in [-0.25, -0.2) is 9.18 Å². The van der Waals surface area contributed by atoms with Gasteiger partial charge in [0, 0.05) is 17.8 Å². The van der Waals surface area contributed by atoms with Gasteiger partial charge in [-0.1, -0.05) is 32.1 Å². The van der Waals surface area contributed by atoms with Crippen molar-refractivity contribution < 1.29 is 23.1 Å². The van der Waals surface area contributed by atoms with E-state index in [1.807, 2.05) is 0 Å². The predicted molar refractivity (Wildman–Crippen MR) is 129 cm³/mol. The van der Waals surface area contributed by atoms with Gasteiger partial charge < -0.3 is 25.1 Å². The average Bonchev–Trinajstić information content (AvgIpc) is 3.53. The maximum atomic E-state index is 15.0. The zero-order valence-electron chi connectivity index (χ0n) is 19.8. The number of ether oxygens (including phenoxy) is 1. The monoisotopic (exact) mass is 471 g/mol. The highest BCUT2D eigenvalue weighted by atomic mass is 19.1. The molecule has 0 bridgehead atoms. The number of furan rings is 1. The van der Waals surface area contributed by atoms with Crippen LogP contribution in [-0.4, -0.2) is 30.6 Å². The first kappa shape index (κ1) is 24.1. The van der Waals surface area contributed by atoms with Crippen LogP contribution >= 0.6 is 0 Å². The molecule has 184 valence electrons. The van der Waals surface area contributed by atoms with Crippen molar-refractivity contribution >= 4 is 23.3 Å². The normalized spacial score (nSPS) is 16.9. The van der Waals surface area contributed by atoms with Crippen LogP contribution in [0.25, 0.3) is 0 Å². The van der Waals surface area contributed by atoms with E-state index in [1.54, 1.807) is 19.1 Å². The molecule has 3 N–H and O–H groups in total. The van der Waals surface area contributed by atoms with E-state index in [2.05, 4.69) is 16.0 Å². The zero-order chi connectivity index (χ0) is 23.9. The van der Waals surface area contributed by atoms with Crippen molar-refractivity contribution in [3.63, 3.8) is 0 Å². The Morgan fingerprint density at radius 3 is 2.29 bits per heavy atom. The van der Waals surface area contributed by atoms with Gasteiger partial charge in [0.05, 0.1) is 24.4 Å². The molecule has 1 heterocycles. The molecule has 0 atom stereocenters. The minimum absolute atomic E-state index is 0.0742. The van der Waals surface area contributed by atoms with Gasteiger partial charge in [-0.3, -0.25) is 4.79 Å². The maximum Gasteiger partial charge on any atom is 0.374 e. The van der Waals surface area contributed by atoms with Gasteiger partial charge in [-0.15, -0.1) is 0 Å². The van der Waals surface area contributed by atoms with E-state index in [0.29, 0.717) is 17.1 Å². The lowest BCUT2D eigenvalue weighted by Crippen LogP contribution is -2.27. The SMILES string of the molecule is CCOC(=O)c1ccc(CNC(=O)c2cc(F)c(NC3CCCCC3)cc2NC2CCCC2)o1. The van der Waals surface area contributed by atoms with E-state index in [1.165, 1.54) is 18.6 Å². The summed E-state index contributed by atoms with van der Waals surface area (Å²) >= 11 is 0. The molecule has 2 aromatic rings. The van der Waals surface area contributed by atoms with Crippen molar-refractivity contribution in [2.75, 3.05) is 17.2 Å². The molecule has 1 amide bonds. The Bertz CT molecular complexity index is 994. The molecule has 4 rings (SSSR count). The van der Waals surface area contributed by atoms with Crippen LogP contribution in [-0.2, 0) is 11.3 Å². The van der Waals surface area contributed by atoms with Gasteiger partial charge in [0.25, 0.3) is 5.91 Å². The molecule has 0 aliphatic heterocycles. The summed E-state index contributed by atoms with van der Waals surface area (Å²) in [6.07, 6.45) is 9.96. The van der Waals surface area contributed by atoms with Crippen molar-refractivity contribution in [1.29, 1.82) is 0 Å². The third kappa shape index (κ3) is 6.10. The van der Waals surface area contributed by atoms with E-state index in [-0.39, 0.29) is 36.6 Å². The second kappa shape index (κ2) is 11.4. The van der Waals surface area contributed by atoms with E-state index in [9.17, 15) is 9.59 Å². The second-order valence-corrected chi connectivity index (χ2v) is 9.15. The molecule has 2 fully saturated rings. The van der Waals surface area contributed by atoms with Gasteiger partial charge in [0.2, 0.25) is 5.76 Å². The smallest absolute Gasteiger partial charge is 0.374 e. The molecule has 34 heavy (non-hydrogen) atoms. The largest absolute Gasteiger partial charge is 0.460 e. The van der Waals surface area contributed by atoms with Crippen LogP contribution in [0.5, 0.6) is 0 Å². The van der Waals surface area contributed by atoms with Crippen LogP contribution in [0, 0.1) is 5.82 Å². The third-order valence-corrected chi connectivity index (χ3v) is 6.59. The topological polar surface area (TPSA) is 92.6 Å². The number of benzene rings is 1. The summed E-state index contributed by atoms with van der Waals surface area (Å²) in [5.41, 5.74) is 1.33. The third-order valence-electron chi connectivity index (χ3n) is 6.59. The van der Waals surface area contributed by atoms with Gasteiger partial charge in [0.1, 0.15) is 11.6 Å². The van der Waals surface area contributed by atoms with Crippen LogP contribution in [0.2, 0.25) is 0 Å². The fraction of sp³-hybridized carbons (Fsp3) is 0.538.